The van der Waals surface area contributed by atoms with Crippen LogP contribution in [0.2, 0.25) is 0 Å². The van der Waals surface area contributed by atoms with Crippen LogP contribution in [0.4, 0.5) is 5.69 Å². The molecule has 25 heavy (non-hydrogen) atoms. The first-order chi connectivity index (χ1) is 12.1. The molecule has 1 aromatic heterocycles. The summed E-state index contributed by atoms with van der Waals surface area (Å²) in [5.74, 6) is 2.28. The molecule has 3 rings (SSSR count). The molecule has 0 aliphatic carbocycles. The van der Waals surface area contributed by atoms with Gasteiger partial charge in [0.2, 0.25) is 5.89 Å². The number of aryl methyl sites for hydroxylation is 1. The van der Waals surface area contributed by atoms with Gasteiger partial charge in [0.25, 0.3) is 5.69 Å². The zero-order valence-electron chi connectivity index (χ0n) is 13.8. The number of nitro groups is 1. The van der Waals surface area contributed by atoms with E-state index in [1.807, 2.05) is 24.3 Å². The summed E-state index contributed by atoms with van der Waals surface area (Å²) in [5.41, 5.74) is 1.44. The smallest absolute Gasteiger partial charge is 0.273 e. The van der Waals surface area contributed by atoms with Gasteiger partial charge in [-0.05, 0) is 37.3 Å². The Morgan fingerprint density at radius 3 is 2.60 bits per heavy atom. The quantitative estimate of drug-likeness (QED) is 0.495. The van der Waals surface area contributed by atoms with Gasteiger partial charge in [-0.2, -0.15) is 0 Å². The van der Waals surface area contributed by atoms with E-state index in [-0.39, 0.29) is 12.3 Å². The Bertz CT molecular complexity index is 887. The molecule has 0 amide bonds. The first-order valence-electron chi connectivity index (χ1n) is 7.55. The van der Waals surface area contributed by atoms with Crippen LogP contribution in [-0.2, 0) is 6.61 Å². The summed E-state index contributed by atoms with van der Waals surface area (Å²) in [7, 11) is 1.60. The molecule has 7 nitrogen and oxygen atoms in total. The van der Waals surface area contributed by atoms with Crippen molar-refractivity contribution >= 4 is 5.69 Å². The van der Waals surface area contributed by atoms with E-state index in [1.165, 1.54) is 12.1 Å². The van der Waals surface area contributed by atoms with Crippen LogP contribution in [0.5, 0.6) is 11.5 Å². The maximum absolute atomic E-state index is 10.8. The van der Waals surface area contributed by atoms with E-state index >= 15 is 0 Å². The highest BCUT2D eigenvalue weighted by Crippen LogP contribution is 2.25. The Morgan fingerprint density at radius 2 is 1.92 bits per heavy atom. The number of non-ortho nitro benzene ring substituents is 1. The Balaban J connectivity index is 1.74. The van der Waals surface area contributed by atoms with Gasteiger partial charge in [0.1, 0.15) is 29.6 Å². The maximum Gasteiger partial charge on any atom is 0.273 e. The predicted molar refractivity (Wildman–Crippen MR) is 90.7 cm³/mol. The number of benzene rings is 2. The summed E-state index contributed by atoms with van der Waals surface area (Å²) in [6, 6.07) is 13.4. The van der Waals surface area contributed by atoms with Crippen LogP contribution >= 0.6 is 0 Å². The minimum atomic E-state index is -0.462. The van der Waals surface area contributed by atoms with E-state index < -0.39 is 4.92 Å². The lowest BCUT2D eigenvalue weighted by Gasteiger charge is -2.03. The van der Waals surface area contributed by atoms with Gasteiger partial charge in [0.15, 0.2) is 0 Å². The highest BCUT2D eigenvalue weighted by atomic mass is 16.6. The molecule has 0 spiro atoms. The number of methoxy groups -OCH3 is 1. The Kier molecular flexibility index (Phi) is 4.65. The molecule has 0 aliphatic rings. The second kappa shape index (κ2) is 7.04. The van der Waals surface area contributed by atoms with Gasteiger partial charge in [-0.1, -0.05) is 6.07 Å². The molecule has 128 valence electrons. The molecule has 7 heteroatoms. The summed E-state index contributed by atoms with van der Waals surface area (Å²) >= 11 is 0. The van der Waals surface area contributed by atoms with Crippen molar-refractivity contribution in [2.24, 2.45) is 0 Å². The molecule has 0 saturated heterocycles. The van der Waals surface area contributed by atoms with Gasteiger partial charge in [-0.25, -0.2) is 4.98 Å². The molecule has 1 heterocycles. The topological polar surface area (TPSA) is 87.6 Å². The van der Waals surface area contributed by atoms with Crippen molar-refractivity contribution in [1.82, 2.24) is 4.98 Å². The summed E-state index contributed by atoms with van der Waals surface area (Å²) in [5, 5.41) is 10.8. The van der Waals surface area contributed by atoms with Crippen molar-refractivity contribution in [3.8, 4) is 23.0 Å². The molecular formula is C18H16N2O5. The molecule has 0 fully saturated rings. The number of ether oxygens (including phenoxy) is 2. The second-order valence-electron chi connectivity index (χ2n) is 5.29. The lowest BCUT2D eigenvalue weighted by molar-refractivity contribution is -0.384. The zero-order chi connectivity index (χ0) is 17.8. The summed E-state index contributed by atoms with van der Waals surface area (Å²) in [6.45, 7) is 1.96. The molecule has 0 unspecified atom stereocenters. The second-order valence-corrected chi connectivity index (χ2v) is 5.29. The minimum absolute atomic E-state index is 0.0201. The normalized spacial score (nSPS) is 10.5. The summed E-state index contributed by atoms with van der Waals surface area (Å²) < 4.78 is 16.4. The van der Waals surface area contributed by atoms with Crippen LogP contribution in [0.15, 0.2) is 52.9 Å². The Labute approximate surface area is 144 Å². The Morgan fingerprint density at radius 1 is 1.16 bits per heavy atom. The predicted octanol–water partition coefficient (Wildman–Crippen LogP) is 4.15. The third kappa shape index (κ3) is 3.77. The fourth-order valence-corrected chi connectivity index (χ4v) is 2.26. The van der Waals surface area contributed by atoms with Crippen LogP contribution in [0.3, 0.4) is 0 Å². The van der Waals surface area contributed by atoms with E-state index in [4.69, 9.17) is 13.9 Å². The molecule has 0 radical (unpaired) electrons. The fraction of sp³-hybridized carbons (Fsp3) is 0.167. The van der Waals surface area contributed by atoms with E-state index in [1.54, 1.807) is 26.2 Å². The first-order valence-corrected chi connectivity index (χ1v) is 7.55. The van der Waals surface area contributed by atoms with Crippen molar-refractivity contribution in [3.05, 3.63) is 70.1 Å². The van der Waals surface area contributed by atoms with Gasteiger partial charge in [0.05, 0.1) is 18.1 Å². The average Bonchev–Trinajstić information content (AvgIpc) is 3.01. The van der Waals surface area contributed by atoms with Crippen LogP contribution < -0.4 is 9.47 Å². The largest absolute Gasteiger partial charge is 0.497 e. The third-order valence-electron chi connectivity index (χ3n) is 3.63. The number of nitro benzene ring substituents is 1. The van der Waals surface area contributed by atoms with E-state index in [0.29, 0.717) is 23.1 Å². The Hall–Kier alpha value is -3.35. The number of oxazole rings is 1. The molecule has 0 N–H and O–H groups in total. The molecule has 0 aliphatic heterocycles. The average molecular weight is 340 g/mol. The lowest BCUT2D eigenvalue weighted by atomic mass is 10.2. The molecule has 0 saturated carbocycles. The van der Waals surface area contributed by atoms with Gasteiger partial charge in [-0.3, -0.25) is 10.1 Å². The van der Waals surface area contributed by atoms with Gasteiger partial charge >= 0.3 is 0 Å². The van der Waals surface area contributed by atoms with Crippen molar-refractivity contribution in [1.29, 1.82) is 0 Å². The molecule has 2 aromatic carbocycles. The van der Waals surface area contributed by atoms with E-state index in [2.05, 4.69) is 4.98 Å². The van der Waals surface area contributed by atoms with Gasteiger partial charge in [0, 0.05) is 11.6 Å². The molecular weight excluding hydrogens is 324 g/mol. The van der Waals surface area contributed by atoms with Crippen LogP contribution in [-0.4, -0.2) is 17.0 Å². The van der Waals surface area contributed by atoms with Crippen molar-refractivity contribution in [3.63, 3.8) is 0 Å². The van der Waals surface area contributed by atoms with Crippen molar-refractivity contribution in [2.45, 2.75) is 13.5 Å². The highest BCUT2D eigenvalue weighted by molar-refractivity contribution is 5.55. The van der Waals surface area contributed by atoms with Crippen molar-refractivity contribution in [2.75, 3.05) is 7.11 Å². The first kappa shape index (κ1) is 16.5. The number of nitrogens with zero attached hydrogens (tertiary/aromatic N) is 2. The van der Waals surface area contributed by atoms with Crippen LogP contribution in [0.1, 0.15) is 11.5 Å². The maximum atomic E-state index is 10.8. The van der Waals surface area contributed by atoms with E-state index in [0.717, 1.165) is 11.3 Å². The highest BCUT2D eigenvalue weighted by Gasteiger charge is 2.13. The van der Waals surface area contributed by atoms with Gasteiger partial charge in [-0.15, -0.1) is 0 Å². The SMILES string of the molecule is COc1ccc(-c2nc(COc3cccc([N+](=O)[O-])c3)c(C)o2)cc1. The van der Waals surface area contributed by atoms with E-state index in [9.17, 15) is 10.1 Å². The number of hydrogen-bond donors (Lipinski definition) is 0. The minimum Gasteiger partial charge on any atom is -0.497 e. The number of aromatic nitrogens is 1. The monoisotopic (exact) mass is 340 g/mol. The third-order valence-corrected chi connectivity index (χ3v) is 3.63. The zero-order valence-corrected chi connectivity index (χ0v) is 13.8. The van der Waals surface area contributed by atoms with Crippen LogP contribution in [0.25, 0.3) is 11.5 Å². The van der Waals surface area contributed by atoms with Crippen LogP contribution in [0, 0.1) is 17.0 Å². The number of rotatable bonds is 6. The number of hydrogen-bond acceptors (Lipinski definition) is 6. The summed E-state index contributed by atoms with van der Waals surface area (Å²) in [6.07, 6.45) is 0. The molecule has 3 aromatic rings. The molecule has 0 bridgehead atoms. The van der Waals surface area contributed by atoms with Gasteiger partial charge < -0.3 is 13.9 Å². The lowest BCUT2D eigenvalue weighted by Crippen LogP contribution is -1.98. The summed E-state index contributed by atoms with van der Waals surface area (Å²) in [4.78, 5) is 14.8. The standard InChI is InChI=1S/C18H16N2O5/c1-12-17(11-24-16-5-3-4-14(10-16)20(21)22)19-18(25-12)13-6-8-15(23-2)9-7-13/h3-10H,11H2,1-2H3. The van der Waals surface area contributed by atoms with Crippen molar-refractivity contribution < 1.29 is 18.8 Å². The molecule has 0 atom stereocenters. The fourth-order valence-electron chi connectivity index (χ4n) is 2.26.